The number of anilines is 1. The van der Waals surface area contributed by atoms with Crippen LogP contribution in [0.5, 0.6) is 0 Å². The molecule has 0 fully saturated rings. The topological polar surface area (TPSA) is 76.7 Å². The number of nitrogens with one attached hydrogen (secondary N) is 1. The largest absolute Gasteiger partial charge is 0.435 e. The summed E-state index contributed by atoms with van der Waals surface area (Å²) in [4.78, 5) is 3.79. The Balaban J connectivity index is 1.87. The van der Waals surface area contributed by atoms with E-state index in [0.717, 1.165) is 6.07 Å². The van der Waals surface area contributed by atoms with Crippen molar-refractivity contribution in [2.75, 3.05) is 11.9 Å². The van der Waals surface area contributed by atoms with Crippen molar-refractivity contribution in [3.05, 3.63) is 30.0 Å². The Morgan fingerprint density at radius 3 is 2.61 bits per heavy atom. The molecule has 96 valence electrons. The van der Waals surface area contributed by atoms with Gasteiger partial charge in [0.1, 0.15) is 5.82 Å². The van der Waals surface area contributed by atoms with Crippen LogP contribution in [0.15, 0.2) is 23.0 Å². The molecule has 0 aliphatic heterocycles. The zero-order valence-electron chi connectivity index (χ0n) is 8.98. The number of alkyl halides is 3. The maximum atomic E-state index is 12.2. The van der Waals surface area contributed by atoms with Crippen LogP contribution in [0.3, 0.4) is 0 Å². The molecule has 0 saturated carbocycles. The van der Waals surface area contributed by atoms with Gasteiger partial charge in [0.25, 0.3) is 0 Å². The highest BCUT2D eigenvalue weighted by Crippen LogP contribution is 2.26. The van der Waals surface area contributed by atoms with E-state index in [-0.39, 0.29) is 5.82 Å². The first kappa shape index (κ1) is 12.3. The van der Waals surface area contributed by atoms with Crippen LogP contribution in [-0.2, 0) is 12.6 Å². The quantitative estimate of drug-likeness (QED) is 0.897. The summed E-state index contributed by atoms with van der Waals surface area (Å²) in [5, 5.41) is 12.7. The fourth-order valence-electron chi connectivity index (χ4n) is 1.18. The second-order valence-corrected chi connectivity index (χ2v) is 3.31. The SMILES string of the molecule is FC(F)(F)c1ccc(NCCc2ncno2)nn1. The average Bonchev–Trinajstić information content (AvgIpc) is 2.82. The standard InChI is InChI=1S/C9H8F3N5O/c10-9(11,12)6-1-2-7(17-16-6)13-4-3-8-14-5-15-18-8/h1-2,5H,3-4H2,(H,13,17). The first-order chi connectivity index (χ1) is 8.55. The van der Waals surface area contributed by atoms with Crippen LogP contribution in [0.2, 0.25) is 0 Å². The number of rotatable bonds is 4. The second kappa shape index (κ2) is 4.98. The van der Waals surface area contributed by atoms with E-state index in [2.05, 4.69) is 25.7 Å². The van der Waals surface area contributed by atoms with Crippen molar-refractivity contribution >= 4 is 5.82 Å². The molecular weight excluding hydrogens is 251 g/mol. The van der Waals surface area contributed by atoms with Gasteiger partial charge in [0.05, 0.1) is 0 Å². The predicted molar refractivity (Wildman–Crippen MR) is 53.5 cm³/mol. The van der Waals surface area contributed by atoms with Crippen LogP contribution in [-0.4, -0.2) is 26.9 Å². The number of hydrogen-bond acceptors (Lipinski definition) is 6. The number of nitrogens with zero attached hydrogens (tertiary/aromatic N) is 4. The molecular formula is C9H8F3N5O. The summed E-state index contributed by atoms with van der Waals surface area (Å²) in [5.74, 6) is 0.685. The monoisotopic (exact) mass is 259 g/mol. The van der Waals surface area contributed by atoms with Gasteiger partial charge in [0, 0.05) is 13.0 Å². The summed E-state index contributed by atoms with van der Waals surface area (Å²) >= 11 is 0. The van der Waals surface area contributed by atoms with E-state index in [1.165, 1.54) is 12.4 Å². The van der Waals surface area contributed by atoms with E-state index in [1.807, 2.05) is 0 Å². The van der Waals surface area contributed by atoms with Crippen LogP contribution in [0.25, 0.3) is 0 Å². The van der Waals surface area contributed by atoms with Crippen molar-refractivity contribution in [1.29, 1.82) is 0 Å². The maximum absolute atomic E-state index is 12.2. The van der Waals surface area contributed by atoms with E-state index in [0.29, 0.717) is 18.9 Å². The van der Waals surface area contributed by atoms with Gasteiger partial charge < -0.3 is 9.84 Å². The molecule has 6 nitrogen and oxygen atoms in total. The Hall–Kier alpha value is -2.19. The Morgan fingerprint density at radius 1 is 1.22 bits per heavy atom. The molecule has 0 saturated heterocycles. The van der Waals surface area contributed by atoms with Crippen molar-refractivity contribution in [1.82, 2.24) is 20.3 Å². The molecule has 0 atom stereocenters. The van der Waals surface area contributed by atoms with Crippen LogP contribution >= 0.6 is 0 Å². The number of hydrogen-bond donors (Lipinski definition) is 1. The van der Waals surface area contributed by atoms with Gasteiger partial charge in [0.15, 0.2) is 12.0 Å². The highest BCUT2D eigenvalue weighted by atomic mass is 19.4. The van der Waals surface area contributed by atoms with Crippen molar-refractivity contribution in [2.45, 2.75) is 12.6 Å². The zero-order valence-corrected chi connectivity index (χ0v) is 8.98. The molecule has 0 unspecified atom stereocenters. The second-order valence-electron chi connectivity index (χ2n) is 3.31. The minimum atomic E-state index is -4.48. The molecule has 0 aliphatic rings. The summed E-state index contributed by atoms with van der Waals surface area (Å²) in [5.41, 5.74) is -1.02. The van der Waals surface area contributed by atoms with E-state index in [9.17, 15) is 13.2 Å². The van der Waals surface area contributed by atoms with Gasteiger partial charge in [-0.15, -0.1) is 10.2 Å². The van der Waals surface area contributed by atoms with Crippen LogP contribution in [0.4, 0.5) is 19.0 Å². The molecule has 0 aliphatic carbocycles. The fourth-order valence-corrected chi connectivity index (χ4v) is 1.18. The molecule has 0 radical (unpaired) electrons. The lowest BCUT2D eigenvalue weighted by atomic mass is 10.3. The Labute approximate surface area is 99.2 Å². The van der Waals surface area contributed by atoms with Crippen molar-refractivity contribution in [2.24, 2.45) is 0 Å². The first-order valence-corrected chi connectivity index (χ1v) is 4.96. The highest BCUT2D eigenvalue weighted by Gasteiger charge is 2.32. The zero-order chi connectivity index (χ0) is 13.0. The van der Waals surface area contributed by atoms with Gasteiger partial charge in [-0.25, -0.2) is 0 Å². The molecule has 2 heterocycles. The molecule has 2 aromatic heterocycles. The maximum Gasteiger partial charge on any atom is 0.435 e. The van der Waals surface area contributed by atoms with Gasteiger partial charge in [-0.1, -0.05) is 5.16 Å². The normalized spacial score (nSPS) is 11.5. The summed E-state index contributed by atoms with van der Waals surface area (Å²) < 4.78 is 41.4. The molecule has 9 heteroatoms. The molecule has 2 aromatic rings. The highest BCUT2D eigenvalue weighted by molar-refractivity contribution is 5.33. The summed E-state index contributed by atoms with van der Waals surface area (Å²) in [6.45, 7) is 0.405. The Kier molecular flexibility index (Phi) is 3.40. The third kappa shape index (κ3) is 3.15. The minimum Gasteiger partial charge on any atom is -0.368 e. The lowest BCUT2D eigenvalue weighted by molar-refractivity contribution is -0.141. The first-order valence-electron chi connectivity index (χ1n) is 4.96. The van der Waals surface area contributed by atoms with Crippen LogP contribution in [0.1, 0.15) is 11.6 Å². The summed E-state index contributed by atoms with van der Waals surface area (Å²) in [6, 6.07) is 2.08. The molecule has 1 N–H and O–H groups in total. The van der Waals surface area contributed by atoms with Crippen LogP contribution < -0.4 is 5.32 Å². The van der Waals surface area contributed by atoms with E-state index >= 15 is 0 Å². The van der Waals surface area contributed by atoms with Gasteiger partial charge >= 0.3 is 6.18 Å². The molecule has 0 bridgehead atoms. The molecule has 0 amide bonds. The molecule has 0 aromatic carbocycles. The van der Waals surface area contributed by atoms with Gasteiger partial charge in [-0.2, -0.15) is 18.2 Å². The van der Waals surface area contributed by atoms with Gasteiger partial charge in [0.2, 0.25) is 5.89 Å². The Morgan fingerprint density at radius 2 is 2.06 bits per heavy atom. The number of aromatic nitrogens is 4. The third-order valence-corrected chi connectivity index (χ3v) is 2.01. The van der Waals surface area contributed by atoms with Crippen molar-refractivity contribution < 1.29 is 17.7 Å². The smallest absolute Gasteiger partial charge is 0.368 e. The van der Waals surface area contributed by atoms with Crippen molar-refractivity contribution in [3.8, 4) is 0 Å². The summed E-state index contributed by atoms with van der Waals surface area (Å²) in [6.07, 6.45) is -2.76. The molecule has 18 heavy (non-hydrogen) atoms. The summed E-state index contributed by atoms with van der Waals surface area (Å²) in [7, 11) is 0. The molecule has 2 rings (SSSR count). The average molecular weight is 259 g/mol. The predicted octanol–water partition coefficient (Wildman–Crippen LogP) is 1.53. The van der Waals surface area contributed by atoms with E-state index in [1.54, 1.807) is 0 Å². The number of halogens is 3. The van der Waals surface area contributed by atoms with Crippen LogP contribution in [0, 0.1) is 0 Å². The van der Waals surface area contributed by atoms with E-state index in [4.69, 9.17) is 4.52 Å². The third-order valence-electron chi connectivity index (χ3n) is 2.01. The lowest BCUT2D eigenvalue weighted by Crippen LogP contribution is -2.11. The van der Waals surface area contributed by atoms with Gasteiger partial charge in [-0.05, 0) is 12.1 Å². The lowest BCUT2D eigenvalue weighted by Gasteiger charge is -2.06. The molecule has 0 spiro atoms. The Bertz CT molecular complexity index is 482. The minimum absolute atomic E-state index is 0.252. The van der Waals surface area contributed by atoms with Crippen molar-refractivity contribution in [3.63, 3.8) is 0 Å². The van der Waals surface area contributed by atoms with E-state index < -0.39 is 11.9 Å². The fraction of sp³-hybridized carbons (Fsp3) is 0.333. The van der Waals surface area contributed by atoms with Gasteiger partial charge in [-0.3, -0.25) is 0 Å².